The molecule has 98 valence electrons. The highest BCUT2D eigenvalue weighted by molar-refractivity contribution is 7.98. The minimum atomic E-state index is 0.317. The van der Waals surface area contributed by atoms with Crippen LogP contribution in [0.3, 0.4) is 0 Å². The van der Waals surface area contributed by atoms with Crippen LogP contribution in [0.5, 0.6) is 11.5 Å². The van der Waals surface area contributed by atoms with E-state index in [4.69, 9.17) is 34.3 Å². The lowest BCUT2D eigenvalue weighted by Gasteiger charge is -2.09. The molecule has 2 rings (SSSR count). The van der Waals surface area contributed by atoms with Crippen LogP contribution in [0, 0.1) is 0 Å². The van der Waals surface area contributed by atoms with Crippen LogP contribution >= 0.6 is 35.6 Å². The second-order valence-corrected chi connectivity index (χ2v) is 5.51. The second-order valence-electron chi connectivity index (χ2n) is 3.79. The van der Waals surface area contributed by atoms with Crippen molar-refractivity contribution in [1.29, 1.82) is 0 Å². The molecule has 0 radical (unpaired) electrons. The topological polar surface area (TPSA) is 35.2 Å². The Morgan fingerprint density at radius 1 is 1.21 bits per heavy atom. The maximum atomic E-state index is 6.14. The van der Waals surface area contributed by atoms with Gasteiger partial charge in [0.25, 0.3) is 0 Å². The van der Waals surface area contributed by atoms with Gasteiger partial charge in [-0.3, -0.25) is 0 Å². The van der Waals surface area contributed by atoms with Gasteiger partial charge < -0.3 is 10.5 Å². The summed E-state index contributed by atoms with van der Waals surface area (Å²) >= 11 is 12.7. The molecule has 2 aromatic carbocycles. The first-order valence-corrected chi connectivity index (χ1v) is 7.52. The zero-order chi connectivity index (χ0) is 13.8. The zero-order valence-corrected chi connectivity index (χ0v) is 12.6. The molecule has 0 bridgehead atoms. The van der Waals surface area contributed by atoms with E-state index in [0.29, 0.717) is 15.8 Å². The summed E-state index contributed by atoms with van der Waals surface area (Å²) in [6.45, 7) is 0. The standard InChI is InChI=1S/C14H12ClNOS2/c1-19-11-5-3-10(4-6-11)17-13-7-2-9(14(16)18)8-12(13)15/h2-8H,1H3,(H2,16,18). The SMILES string of the molecule is CSc1ccc(Oc2ccc(C(N)=S)cc2Cl)cc1. The van der Waals surface area contributed by atoms with Crippen LogP contribution < -0.4 is 10.5 Å². The van der Waals surface area contributed by atoms with Gasteiger partial charge in [-0.05, 0) is 48.7 Å². The number of hydrogen-bond acceptors (Lipinski definition) is 3. The first-order chi connectivity index (χ1) is 9.10. The third-order valence-electron chi connectivity index (χ3n) is 2.50. The minimum absolute atomic E-state index is 0.317. The molecule has 2 nitrogen and oxygen atoms in total. The third-order valence-corrected chi connectivity index (χ3v) is 3.78. The van der Waals surface area contributed by atoms with E-state index < -0.39 is 0 Å². The van der Waals surface area contributed by atoms with Crippen molar-refractivity contribution in [3.8, 4) is 11.5 Å². The average Bonchev–Trinajstić information content (AvgIpc) is 2.41. The molecule has 0 saturated heterocycles. The van der Waals surface area contributed by atoms with Crippen molar-refractivity contribution in [3.63, 3.8) is 0 Å². The first-order valence-electron chi connectivity index (χ1n) is 5.51. The number of nitrogens with two attached hydrogens (primary N) is 1. The summed E-state index contributed by atoms with van der Waals surface area (Å²) in [7, 11) is 0. The molecule has 5 heteroatoms. The lowest BCUT2D eigenvalue weighted by molar-refractivity contribution is 0.482. The van der Waals surface area contributed by atoms with Crippen molar-refractivity contribution in [1.82, 2.24) is 0 Å². The van der Waals surface area contributed by atoms with Gasteiger partial charge in [0.2, 0.25) is 0 Å². The Morgan fingerprint density at radius 2 is 1.89 bits per heavy atom. The number of halogens is 1. The largest absolute Gasteiger partial charge is 0.456 e. The number of thioether (sulfide) groups is 1. The fourth-order valence-electron chi connectivity index (χ4n) is 1.51. The van der Waals surface area contributed by atoms with Crippen molar-refractivity contribution in [2.75, 3.05) is 6.26 Å². The van der Waals surface area contributed by atoms with Crippen LogP contribution in [-0.2, 0) is 0 Å². The fraction of sp³-hybridized carbons (Fsp3) is 0.0714. The van der Waals surface area contributed by atoms with Crippen LogP contribution in [0.15, 0.2) is 47.4 Å². The van der Waals surface area contributed by atoms with Crippen molar-refractivity contribution in [2.45, 2.75) is 4.90 Å². The van der Waals surface area contributed by atoms with Gasteiger partial charge in [-0.2, -0.15) is 0 Å². The van der Waals surface area contributed by atoms with Gasteiger partial charge in [0.1, 0.15) is 16.5 Å². The Labute approximate surface area is 126 Å². The van der Waals surface area contributed by atoms with Crippen molar-refractivity contribution < 1.29 is 4.74 Å². The van der Waals surface area contributed by atoms with Gasteiger partial charge in [0, 0.05) is 10.5 Å². The summed E-state index contributed by atoms with van der Waals surface area (Å²) in [6, 6.07) is 13.1. The van der Waals surface area contributed by atoms with E-state index in [2.05, 4.69) is 0 Å². The molecule has 2 N–H and O–H groups in total. The summed E-state index contributed by atoms with van der Waals surface area (Å²) in [5, 5.41) is 0.485. The first kappa shape index (κ1) is 14.2. The predicted octanol–water partition coefficient (Wildman–Crippen LogP) is 4.49. The number of rotatable bonds is 4. The van der Waals surface area contributed by atoms with Crippen molar-refractivity contribution in [3.05, 3.63) is 53.1 Å². The normalized spacial score (nSPS) is 10.2. The molecule has 0 amide bonds. The zero-order valence-electron chi connectivity index (χ0n) is 10.2. The number of benzene rings is 2. The van der Waals surface area contributed by atoms with E-state index in [0.717, 1.165) is 11.3 Å². The maximum absolute atomic E-state index is 6.14. The van der Waals surface area contributed by atoms with E-state index >= 15 is 0 Å². The summed E-state index contributed by atoms with van der Waals surface area (Å²) < 4.78 is 5.72. The minimum Gasteiger partial charge on any atom is -0.456 e. The van der Waals surface area contributed by atoms with Gasteiger partial charge in [-0.25, -0.2) is 0 Å². The van der Waals surface area contributed by atoms with Gasteiger partial charge in [-0.15, -0.1) is 11.8 Å². The van der Waals surface area contributed by atoms with Crippen LogP contribution in [-0.4, -0.2) is 11.2 Å². The lowest BCUT2D eigenvalue weighted by Crippen LogP contribution is -2.08. The van der Waals surface area contributed by atoms with Crippen molar-refractivity contribution >= 4 is 40.6 Å². The molecular weight excluding hydrogens is 298 g/mol. The average molecular weight is 310 g/mol. The molecule has 0 unspecified atom stereocenters. The summed E-state index contributed by atoms with van der Waals surface area (Å²) in [4.78, 5) is 1.50. The number of ether oxygens (including phenoxy) is 1. The molecular formula is C14H12ClNOS2. The highest BCUT2D eigenvalue weighted by atomic mass is 35.5. The predicted molar refractivity (Wildman–Crippen MR) is 85.6 cm³/mol. The fourth-order valence-corrected chi connectivity index (χ4v) is 2.26. The molecule has 0 heterocycles. The van der Waals surface area contributed by atoms with Crippen LogP contribution in [0.1, 0.15) is 5.56 Å². The van der Waals surface area contributed by atoms with Crippen LogP contribution in [0.25, 0.3) is 0 Å². The third kappa shape index (κ3) is 3.62. The Morgan fingerprint density at radius 3 is 2.42 bits per heavy atom. The van der Waals surface area contributed by atoms with Gasteiger partial charge in [0.15, 0.2) is 0 Å². The number of thiocarbonyl (C=S) groups is 1. The Bertz CT molecular complexity index is 599. The molecule has 0 saturated carbocycles. The highest BCUT2D eigenvalue weighted by Gasteiger charge is 2.06. The monoisotopic (exact) mass is 309 g/mol. The van der Waals surface area contributed by atoms with E-state index in [1.807, 2.05) is 30.5 Å². The van der Waals surface area contributed by atoms with Gasteiger partial charge in [-0.1, -0.05) is 23.8 Å². The van der Waals surface area contributed by atoms with E-state index in [9.17, 15) is 0 Å². The number of hydrogen-bond donors (Lipinski definition) is 1. The molecule has 0 spiro atoms. The molecule has 19 heavy (non-hydrogen) atoms. The maximum Gasteiger partial charge on any atom is 0.146 e. The molecule has 0 atom stereocenters. The Hall–Kier alpha value is -1.23. The van der Waals surface area contributed by atoms with Crippen LogP contribution in [0.4, 0.5) is 0 Å². The molecule has 0 fully saturated rings. The van der Waals surface area contributed by atoms with Crippen LogP contribution in [0.2, 0.25) is 5.02 Å². The van der Waals surface area contributed by atoms with E-state index in [1.165, 1.54) is 4.90 Å². The molecule has 0 aliphatic heterocycles. The van der Waals surface area contributed by atoms with E-state index in [1.54, 1.807) is 30.0 Å². The summed E-state index contributed by atoms with van der Waals surface area (Å²) in [5.74, 6) is 1.32. The van der Waals surface area contributed by atoms with Gasteiger partial charge in [0.05, 0.1) is 5.02 Å². The van der Waals surface area contributed by atoms with Crippen molar-refractivity contribution in [2.24, 2.45) is 5.73 Å². The Kier molecular flexibility index (Phi) is 4.69. The molecule has 0 aliphatic carbocycles. The summed E-state index contributed by atoms with van der Waals surface area (Å²) in [5.41, 5.74) is 6.27. The van der Waals surface area contributed by atoms with E-state index in [-0.39, 0.29) is 0 Å². The highest BCUT2D eigenvalue weighted by Crippen LogP contribution is 2.31. The lowest BCUT2D eigenvalue weighted by atomic mass is 10.2. The smallest absolute Gasteiger partial charge is 0.146 e. The molecule has 0 aromatic heterocycles. The summed E-state index contributed by atoms with van der Waals surface area (Å²) in [6.07, 6.45) is 2.03. The quantitative estimate of drug-likeness (QED) is 0.667. The second kappa shape index (κ2) is 6.28. The molecule has 2 aromatic rings. The van der Waals surface area contributed by atoms with Gasteiger partial charge >= 0.3 is 0 Å². The molecule has 0 aliphatic rings. The Balaban J connectivity index is 2.20.